The number of carbonyl (C=O) groups is 1. The van der Waals surface area contributed by atoms with Crippen LogP contribution in [-0.2, 0) is 4.79 Å². The van der Waals surface area contributed by atoms with Crippen LogP contribution in [0.2, 0.25) is 0 Å². The van der Waals surface area contributed by atoms with Crippen molar-refractivity contribution < 1.29 is 4.79 Å². The van der Waals surface area contributed by atoms with Gasteiger partial charge in [-0.2, -0.15) is 0 Å². The van der Waals surface area contributed by atoms with Gasteiger partial charge in [-0.3, -0.25) is 4.79 Å². The molecule has 0 bridgehead atoms. The SMILES string of the molecule is CCC1(CNC(=O)C2(CC)CCCN2)CCC1. The van der Waals surface area contributed by atoms with Crippen LogP contribution >= 0.6 is 0 Å². The first kappa shape index (κ1) is 12.9. The van der Waals surface area contributed by atoms with Gasteiger partial charge in [-0.25, -0.2) is 0 Å². The minimum atomic E-state index is -0.265. The van der Waals surface area contributed by atoms with Crippen LogP contribution in [0.1, 0.15) is 58.8 Å². The average Bonchev–Trinajstić information content (AvgIpc) is 2.77. The van der Waals surface area contributed by atoms with Gasteiger partial charge in [-0.05, 0) is 50.5 Å². The molecular formula is C14H26N2O. The van der Waals surface area contributed by atoms with Gasteiger partial charge in [-0.15, -0.1) is 0 Å². The van der Waals surface area contributed by atoms with E-state index in [1.807, 2.05) is 0 Å². The zero-order valence-corrected chi connectivity index (χ0v) is 11.3. The summed E-state index contributed by atoms with van der Waals surface area (Å²) >= 11 is 0. The van der Waals surface area contributed by atoms with Gasteiger partial charge >= 0.3 is 0 Å². The van der Waals surface area contributed by atoms with Gasteiger partial charge in [-0.1, -0.05) is 20.3 Å². The van der Waals surface area contributed by atoms with Crippen LogP contribution in [0.4, 0.5) is 0 Å². The molecule has 98 valence electrons. The molecular weight excluding hydrogens is 212 g/mol. The molecule has 0 radical (unpaired) electrons. The summed E-state index contributed by atoms with van der Waals surface area (Å²) in [6.07, 6.45) is 8.12. The Labute approximate surface area is 105 Å². The fourth-order valence-electron chi connectivity index (χ4n) is 3.23. The fraction of sp³-hybridized carbons (Fsp3) is 0.929. The van der Waals surface area contributed by atoms with Crippen molar-refractivity contribution in [2.75, 3.05) is 13.1 Å². The number of hydrogen-bond acceptors (Lipinski definition) is 2. The van der Waals surface area contributed by atoms with Gasteiger partial charge in [0.15, 0.2) is 0 Å². The highest BCUT2D eigenvalue weighted by atomic mass is 16.2. The first-order chi connectivity index (χ1) is 8.16. The Morgan fingerprint density at radius 1 is 1.18 bits per heavy atom. The molecule has 1 saturated heterocycles. The van der Waals surface area contributed by atoms with Gasteiger partial charge in [0.2, 0.25) is 5.91 Å². The Morgan fingerprint density at radius 2 is 1.94 bits per heavy atom. The fourth-order valence-corrected chi connectivity index (χ4v) is 3.23. The molecule has 1 amide bonds. The van der Waals surface area contributed by atoms with Crippen molar-refractivity contribution in [3.05, 3.63) is 0 Å². The second-order valence-electron chi connectivity index (χ2n) is 5.86. The highest BCUT2D eigenvalue weighted by molar-refractivity contribution is 5.86. The Balaban J connectivity index is 1.88. The zero-order valence-electron chi connectivity index (χ0n) is 11.3. The van der Waals surface area contributed by atoms with Crippen molar-refractivity contribution >= 4 is 5.91 Å². The predicted octanol–water partition coefficient (Wildman–Crippen LogP) is 2.22. The summed E-state index contributed by atoms with van der Waals surface area (Å²) in [5, 5.41) is 6.61. The van der Waals surface area contributed by atoms with Crippen LogP contribution in [-0.4, -0.2) is 24.5 Å². The molecule has 1 heterocycles. The maximum Gasteiger partial charge on any atom is 0.240 e. The maximum absolute atomic E-state index is 12.3. The van der Waals surface area contributed by atoms with Gasteiger partial charge in [0.1, 0.15) is 0 Å². The number of hydrogen-bond donors (Lipinski definition) is 2. The Bertz CT molecular complexity index is 272. The molecule has 17 heavy (non-hydrogen) atoms. The van der Waals surface area contributed by atoms with E-state index < -0.39 is 0 Å². The van der Waals surface area contributed by atoms with Crippen molar-refractivity contribution in [1.29, 1.82) is 0 Å². The molecule has 1 aliphatic heterocycles. The van der Waals surface area contributed by atoms with Crippen LogP contribution in [0.15, 0.2) is 0 Å². The standard InChI is InChI=1S/C14H26N2O/c1-3-13(7-5-8-13)11-15-12(17)14(4-2)9-6-10-16-14/h16H,3-11H2,1-2H3,(H,15,17). The van der Waals surface area contributed by atoms with E-state index >= 15 is 0 Å². The summed E-state index contributed by atoms with van der Waals surface area (Å²) in [6, 6.07) is 0. The Hall–Kier alpha value is -0.570. The smallest absolute Gasteiger partial charge is 0.240 e. The largest absolute Gasteiger partial charge is 0.354 e. The maximum atomic E-state index is 12.3. The molecule has 1 unspecified atom stereocenters. The van der Waals surface area contributed by atoms with E-state index in [0.29, 0.717) is 5.41 Å². The molecule has 3 nitrogen and oxygen atoms in total. The lowest BCUT2D eigenvalue weighted by Gasteiger charge is -2.42. The summed E-state index contributed by atoms with van der Waals surface area (Å²) in [5.74, 6) is 0.234. The molecule has 1 atom stereocenters. The zero-order chi connectivity index (χ0) is 12.4. The summed E-state index contributed by atoms with van der Waals surface area (Å²) in [7, 11) is 0. The summed E-state index contributed by atoms with van der Waals surface area (Å²) in [4.78, 5) is 12.3. The highest BCUT2D eigenvalue weighted by Crippen LogP contribution is 2.43. The first-order valence-corrected chi connectivity index (χ1v) is 7.20. The monoisotopic (exact) mass is 238 g/mol. The van der Waals surface area contributed by atoms with E-state index in [0.717, 1.165) is 32.4 Å². The van der Waals surface area contributed by atoms with E-state index in [1.165, 1.54) is 25.7 Å². The first-order valence-electron chi connectivity index (χ1n) is 7.20. The highest BCUT2D eigenvalue weighted by Gasteiger charge is 2.41. The lowest BCUT2D eigenvalue weighted by atomic mass is 9.67. The molecule has 0 aromatic heterocycles. The van der Waals surface area contributed by atoms with Crippen molar-refractivity contribution in [2.45, 2.75) is 64.3 Å². The molecule has 0 aromatic rings. The van der Waals surface area contributed by atoms with E-state index in [4.69, 9.17) is 0 Å². The molecule has 0 spiro atoms. The third-order valence-corrected chi connectivity index (χ3v) is 5.07. The van der Waals surface area contributed by atoms with Crippen molar-refractivity contribution in [2.24, 2.45) is 5.41 Å². The predicted molar refractivity (Wildman–Crippen MR) is 69.8 cm³/mol. The van der Waals surface area contributed by atoms with Crippen LogP contribution in [0.25, 0.3) is 0 Å². The van der Waals surface area contributed by atoms with Crippen LogP contribution in [0, 0.1) is 5.41 Å². The topological polar surface area (TPSA) is 41.1 Å². The average molecular weight is 238 g/mol. The van der Waals surface area contributed by atoms with E-state index in [1.54, 1.807) is 0 Å². The normalized spacial score (nSPS) is 30.9. The van der Waals surface area contributed by atoms with Crippen molar-refractivity contribution in [3.8, 4) is 0 Å². The minimum Gasteiger partial charge on any atom is -0.354 e. The number of nitrogens with one attached hydrogen (secondary N) is 2. The Morgan fingerprint density at radius 3 is 2.35 bits per heavy atom. The third-order valence-electron chi connectivity index (χ3n) is 5.07. The molecule has 1 saturated carbocycles. The van der Waals surface area contributed by atoms with Gasteiger partial charge in [0.05, 0.1) is 5.54 Å². The second-order valence-corrected chi connectivity index (χ2v) is 5.86. The second kappa shape index (κ2) is 4.97. The van der Waals surface area contributed by atoms with Crippen LogP contribution < -0.4 is 10.6 Å². The number of rotatable bonds is 5. The van der Waals surface area contributed by atoms with Crippen molar-refractivity contribution in [1.82, 2.24) is 10.6 Å². The summed E-state index contributed by atoms with van der Waals surface area (Å²) in [5.41, 5.74) is 0.155. The van der Waals surface area contributed by atoms with Gasteiger partial charge < -0.3 is 10.6 Å². The number of carbonyl (C=O) groups excluding carboxylic acids is 1. The lowest BCUT2D eigenvalue weighted by Crippen LogP contribution is -2.55. The molecule has 2 N–H and O–H groups in total. The molecule has 1 aliphatic carbocycles. The molecule has 3 heteroatoms. The van der Waals surface area contributed by atoms with E-state index in [-0.39, 0.29) is 11.4 Å². The van der Waals surface area contributed by atoms with Gasteiger partial charge in [0, 0.05) is 6.54 Å². The lowest BCUT2D eigenvalue weighted by molar-refractivity contribution is -0.128. The van der Waals surface area contributed by atoms with E-state index in [2.05, 4.69) is 24.5 Å². The minimum absolute atomic E-state index is 0.234. The third kappa shape index (κ3) is 2.35. The molecule has 0 aromatic carbocycles. The molecule has 2 fully saturated rings. The molecule has 2 rings (SSSR count). The van der Waals surface area contributed by atoms with Crippen molar-refractivity contribution in [3.63, 3.8) is 0 Å². The van der Waals surface area contributed by atoms with E-state index in [9.17, 15) is 4.79 Å². The number of amides is 1. The Kier molecular flexibility index (Phi) is 3.76. The quantitative estimate of drug-likeness (QED) is 0.771. The van der Waals surface area contributed by atoms with Gasteiger partial charge in [0.25, 0.3) is 0 Å². The molecule has 2 aliphatic rings. The summed E-state index contributed by atoms with van der Waals surface area (Å²) < 4.78 is 0. The summed E-state index contributed by atoms with van der Waals surface area (Å²) in [6.45, 7) is 6.22. The van der Waals surface area contributed by atoms with Crippen LogP contribution in [0.3, 0.4) is 0 Å². The van der Waals surface area contributed by atoms with Crippen LogP contribution in [0.5, 0.6) is 0 Å².